The fourth-order valence-electron chi connectivity index (χ4n) is 1.25. The number of urea groups is 1. The number of ether oxygens (including phenoxy) is 1. The van der Waals surface area contributed by atoms with Gasteiger partial charge in [0.25, 0.3) is 0 Å². The lowest BCUT2D eigenvalue weighted by Crippen LogP contribution is -2.45. The average molecular weight is 274 g/mol. The molecule has 3 N–H and O–H groups in total. The molecule has 0 aliphatic rings. The molecule has 6 nitrogen and oxygen atoms in total. The molecule has 1 aromatic rings. The molecule has 0 spiro atoms. The number of hydrogen-bond acceptors (Lipinski definition) is 3. The van der Waals surface area contributed by atoms with Gasteiger partial charge in [-0.2, -0.15) is 0 Å². The highest BCUT2D eigenvalue weighted by Crippen LogP contribution is 2.14. The van der Waals surface area contributed by atoms with Gasteiger partial charge in [-0.3, -0.25) is 0 Å². The van der Waals surface area contributed by atoms with E-state index in [1.54, 1.807) is 0 Å². The number of hydrogen-bond donors (Lipinski definition) is 3. The summed E-state index contributed by atoms with van der Waals surface area (Å²) in [6.07, 6.45) is 0. The van der Waals surface area contributed by atoms with Crippen molar-refractivity contribution in [2.24, 2.45) is 0 Å². The van der Waals surface area contributed by atoms with E-state index in [0.717, 1.165) is 12.1 Å². The van der Waals surface area contributed by atoms with Crippen molar-refractivity contribution in [2.45, 2.75) is 6.04 Å². The molecular formula is C11H12F2N2O4. The molecule has 2 amide bonds. The van der Waals surface area contributed by atoms with Crippen LogP contribution in [0.5, 0.6) is 0 Å². The van der Waals surface area contributed by atoms with Gasteiger partial charge in [0, 0.05) is 13.2 Å². The second-order valence-corrected chi connectivity index (χ2v) is 3.57. The number of aliphatic carboxylic acids is 1. The van der Waals surface area contributed by atoms with E-state index in [1.807, 2.05) is 0 Å². The van der Waals surface area contributed by atoms with E-state index in [0.29, 0.717) is 6.07 Å². The molecular weight excluding hydrogens is 262 g/mol. The Bertz CT molecular complexity index is 482. The standard InChI is InChI=1S/C11H12F2N2O4/c1-19-5-9(10(16)17)15-11(18)14-8-3-2-6(12)4-7(8)13/h2-4,9H,5H2,1H3,(H,16,17)(H2,14,15,18). The smallest absolute Gasteiger partial charge is 0.328 e. The lowest BCUT2D eigenvalue weighted by atomic mass is 10.3. The van der Waals surface area contributed by atoms with Crippen LogP contribution in [0.25, 0.3) is 0 Å². The molecule has 8 heteroatoms. The number of benzene rings is 1. The highest BCUT2D eigenvalue weighted by atomic mass is 19.1. The molecule has 19 heavy (non-hydrogen) atoms. The molecule has 1 aromatic carbocycles. The molecule has 0 aliphatic heterocycles. The van der Waals surface area contributed by atoms with Crippen LogP contribution in [0.3, 0.4) is 0 Å². The van der Waals surface area contributed by atoms with E-state index in [-0.39, 0.29) is 12.3 Å². The summed E-state index contributed by atoms with van der Waals surface area (Å²) >= 11 is 0. The second kappa shape index (κ2) is 6.64. The monoisotopic (exact) mass is 274 g/mol. The average Bonchev–Trinajstić information content (AvgIpc) is 2.32. The number of amides is 2. The first-order chi connectivity index (χ1) is 8.93. The van der Waals surface area contributed by atoms with Crippen molar-refractivity contribution in [3.8, 4) is 0 Å². The summed E-state index contributed by atoms with van der Waals surface area (Å²) < 4.78 is 30.5. The Morgan fingerprint density at radius 2 is 2.11 bits per heavy atom. The summed E-state index contributed by atoms with van der Waals surface area (Å²) in [5, 5.41) is 12.9. The van der Waals surface area contributed by atoms with E-state index in [1.165, 1.54) is 7.11 Å². The minimum absolute atomic E-state index is 0.241. The lowest BCUT2D eigenvalue weighted by Gasteiger charge is -2.14. The van der Waals surface area contributed by atoms with Crippen molar-refractivity contribution >= 4 is 17.7 Å². The van der Waals surface area contributed by atoms with Crippen molar-refractivity contribution < 1.29 is 28.2 Å². The first-order valence-electron chi connectivity index (χ1n) is 5.18. The molecule has 1 atom stereocenters. The first kappa shape index (κ1) is 14.8. The van der Waals surface area contributed by atoms with E-state index >= 15 is 0 Å². The van der Waals surface area contributed by atoms with E-state index in [4.69, 9.17) is 5.11 Å². The molecule has 0 saturated heterocycles. The van der Waals surface area contributed by atoms with E-state index in [2.05, 4.69) is 15.4 Å². The van der Waals surface area contributed by atoms with Crippen LogP contribution in [0.4, 0.5) is 19.3 Å². The Morgan fingerprint density at radius 1 is 1.42 bits per heavy atom. The largest absolute Gasteiger partial charge is 0.480 e. The minimum atomic E-state index is -1.29. The zero-order valence-corrected chi connectivity index (χ0v) is 9.94. The zero-order valence-electron chi connectivity index (χ0n) is 9.94. The molecule has 0 heterocycles. The van der Waals surface area contributed by atoms with Crippen molar-refractivity contribution in [2.75, 3.05) is 19.0 Å². The molecule has 104 valence electrons. The molecule has 1 rings (SSSR count). The van der Waals surface area contributed by atoms with Gasteiger partial charge in [0.05, 0.1) is 12.3 Å². The highest BCUT2D eigenvalue weighted by Gasteiger charge is 2.20. The predicted octanol–water partition coefficient (Wildman–Crippen LogP) is 1.19. The fraction of sp³-hybridized carbons (Fsp3) is 0.273. The summed E-state index contributed by atoms with van der Waals surface area (Å²) in [4.78, 5) is 22.2. The molecule has 0 aliphatic carbocycles. The third-order valence-electron chi connectivity index (χ3n) is 2.12. The van der Waals surface area contributed by atoms with Crippen LogP contribution in [-0.2, 0) is 9.53 Å². The normalized spacial score (nSPS) is 11.7. The van der Waals surface area contributed by atoms with Gasteiger partial charge in [0.15, 0.2) is 6.04 Å². The highest BCUT2D eigenvalue weighted by molar-refractivity contribution is 5.92. The Hall–Kier alpha value is -2.22. The Morgan fingerprint density at radius 3 is 2.63 bits per heavy atom. The van der Waals surface area contributed by atoms with Crippen LogP contribution in [0.2, 0.25) is 0 Å². The number of carbonyl (C=O) groups is 2. The quantitative estimate of drug-likeness (QED) is 0.752. The van der Waals surface area contributed by atoms with Crippen molar-refractivity contribution in [1.29, 1.82) is 0 Å². The number of nitrogens with one attached hydrogen (secondary N) is 2. The molecule has 0 fully saturated rings. The van der Waals surface area contributed by atoms with E-state index in [9.17, 15) is 18.4 Å². The third kappa shape index (κ3) is 4.51. The maximum atomic E-state index is 13.2. The second-order valence-electron chi connectivity index (χ2n) is 3.57. The van der Waals surface area contributed by atoms with Crippen molar-refractivity contribution in [3.63, 3.8) is 0 Å². The Kier molecular flexibility index (Phi) is 5.19. The molecule has 0 radical (unpaired) electrons. The Labute approximate surface area is 107 Å². The fourth-order valence-corrected chi connectivity index (χ4v) is 1.25. The maximum absolute atomic E-state index is 13.2. The first-order valence-corrected chi connectivity index (χ1v) is 5.18. The van der Waals surface area contributed by atoms with Crippen molar-refractivity contribution in [3.05, 3.63) is 29.8 Å². The Balaban J connectivity index is 2.66. The van der Waals surface area contributed by atoms with Gasteiger partial charge in [-0.15, -0.1) is 0 Å². The number of carboxylic acid groups (broad SMARTS) is 1. The summed E-state index contributed by atoms with van der Waals surface area (Å²) in [5.41, 5.74) is -0.263. The number of rotatable bonds is 5. The number of halogens is 2. The van der Waals surface area contributed by atoms with Gasteiger partial charge in [-0.1, -0.05) is 0 Å². The van der Waals surface area contributed by atoms with Gasteiger partial charge in [0.1, 0.15) is 11.6 Å². The summed E-state index contributed by atoms with van der Waals surface area (Å²) in [7, 11) is 1.27. The zero-order chi connectivity index (χ0) is 14.4. The van der Waals surface area contributed by atoms with Crippen LogP contribution in [0.15, 0.2) is 18.2 Å². The lowest BCUT2D eigenvalue weighted by molar-refractivity contribution is -0.140. The molecule has 0 saturated carbocycles. The topological polar surface area (TPSA) is 87.7 Å². The SMILES string of the molecule is COCC(NC(=O)Nc1ccc(F)cc1F)C(=O)O. The van der Waals surface area contributed by atoms with Crippen LogP contribution in [0, 0.1) is 11.6 Å². The van der Waals surface area contributed by atoms with Gasteiger partial charge in [0.2, 0.25) is 0 Å². The van der Waals surface area contributed by atoms with Gasteiger partial charge in [-0.25, -0.2) is 18.4 Å². The van der Waals surface area contributed by atoms with Crippen molar-refractivity contribution in [1.82, 2.24) is 5.32 Å². The molecule has 0 bridgehead atoms. The summed E-state index contributed by atoms with van der Waals surface area (Å²) in [5.74, 6) is -3.04. The number of anilines is 1. The van der Waals surface area contributed by atoms with Crippen LogP contribution >= 0.6 is 0 Å². The number of carboxylic acids is 1. The van der Waals surface area contributed by atoms with Crippen LogP contribution < -0.4 is 10.6 Å². The maximum Gasteiger partial charge on any atom is 0.328 e. The number of methoxy groups -OCH3 is 1. The van der Waals surface area contributed by atoms with Gasteiger partial charge in [-0.05, 0) is 12.1 Å². The summed E-state index contributed by atoms with van der Waals surface area (Å²) in [6, 6.07) is 0.377. The molecule has 0 aromatic heterocycles. The van der Waals surface area contributed by atoms with E-state index < -0.39 is 29.7 Å². The van der Waals surface area contributed by atoms with Gasteiger partial charge >= 0.3 is 12.0 Å². The van der Waals surface area contributed by atoms with Crippen LogP contribution in [-0.4, -0.2) is 36.9 Å². The van der Waals surface area contributed by atoms with Crippen LogP contribution in [0.1, 0.15) is 0 Å². The number of carbonyl (C=O) groups excluding carboxylic acids is 1. The van der Waals surface area contributed by atoms with Gasteiger partial charge < -0.3 is 20.5 Å². The molecule has 1 unspecified atom stereocenters. The third-order valence-corrected chi connectivity index (χ3v) is 2.12. The minimum Gasteiger partial charge on any atom is -0.480 e. The summed E-state index contributed by atoms with van der Waals surface area (Å²) in [6.45, 7) is -0.241. The predicted molar refractivity (Wildman–Crippen MR) is 61.8 cm³/mol.